The average molecular weight is 344 g/mol. The smallest absolute Gasteiger partial charge is 0.438 e. The Morgan fingerprint density at radius 1 is 1.25 bits per heavy atom. The highest BCUT2D eigenvalue weighted by Crippen LogP contribution is 2.43. The summed E-state index contributed by atoms with van der Waals surface area (Å²) < 4.78 is 45.2. The van der Waals surface area contributed by atoms with Gasteiger partial charge < -0.3 is 9.84 Å². The van der Waals surface area contributed by atoms with Crippen LogP contribution in [-0.2, 0) is 0 Å². The lowest BCUT2D eigenvalue weighted by Crippen LogP contribution is -2.56. The number of ether oxygens (including phenoxy) is 1. The van der Waals surface area contributed by atoms with Gasteiger partial charge in [0.25, 0.3) is 11.6 Å². The van der Waals surface area contributed by atoms with Crippen molar-refractivity contribution in [2.24, 2.45) is 10.5 Å². The van der Waals surface area contributed by atoms with Crippen molar-refractivity contribution in [3.63, 3.8) is 0 Å². The molecule has 8 heteroatoms. The first kappa shape index (κ1) is 18.3. The number of nitrogens with zero attached hydrogens (tertiary/aromatic N) is 2. The highest BCUT2D eigenvalue weighted by atomic mass is 19.4. The minimum atomic E-state index is -5.04. The zero-order valence-electron chi connectivity index (χ0n) is 13.8. The van der Waals surface area contributed by atoms with Gasteiger partial charge in [0.05, 0.1) is 7.11 Å². The summed E-state index contributed by atoms with van der Waals surface area (Å²) in [6.45, 7) is 5.01. The maximum absolute atomic E-state index is 13.4. The molecule has 0 saturated carbocycles. The van der Waals surface area contributed by atoms with Crippen molar-refractivity contribution >= 4 is 11.6 Å². The molecule has 0 saturated heterocycles. The first-order chi connectivity index (χ1) is 10.9. The number of hydrazone groups is 1. The van der Waals surface area contributed by atoms with E-state index in [9.17, 15) is 23.1 Å². The van der Waals surface area contributed by atoms with Crippen LogP contribution in [0.25, 0.3) is 0 Å². The fraction of sp³-hybridized carbons (Fsp3) is 0.500. The molecule has 1 N–H and O–H groups in total. The van der Waals surface area contributed by atoms with E-state index in [1.54, 1.807) is 20.8 Å². The van der Waals surface area contributed by atoms with Gasteiger partial charge in [-0.15, -0.1) is 0 Å². The minimum absolute atomic E-state index is 0.0302. The summed E-state index contributed by atoms with van der Waals surface area (Å²) in [6, 6.07) is 5.54. The van der Waals surface area contributed by atoms with Gasteiger partial charge in [-0.2, -0.15) is 23.3 Å². The van der Waals surface area contributed by atoms with Crippen LogP contribution in [0.1, 0.15) is 37.6 Å². The van der Waals surface area contributed by atoms with Crippen LogP contribution >= 0.6 is 0 Å². The van der Waals surface area contributed by atoms with Gasteiger partial charge in [0.1, 0.15) is 5.75 Å². The Labute approximate surface area is 137 Å². The molecular formula is C16H19F3N2O3. The first-order valence-corrected chi connectivity index (χ1v) is 7.26. The number of rotatable bonds is 2. The van der Waals surface area contributed by atoms with Crippen LogP contribution < -0.4 is 4.74 Å². The SMILES string of the molecule is COc1ccc(C(=O)N2N=C(C(C)(C)C)CC2(O)C(F)(F)F)cc1. The Morgan fingerprint density at radius 2 is 1.79 bits per heavy atom. The van der Waals surface area contributed by atoms with E-state index in [-0.39, 0.29) is 16.3 Å². The third-order valence-electron chi connectivity index (χ3n) is 3.83. The predicted molar refractivity (Wildman–Crippen MR) is 81.7 cm³/mol. The van der Waals surface area contributed by atoms with Crippen LogP contribution in [0.2, 0.25) is 0 Å². The third kappa shape index (κ3) is 3.10. The lowest BCUT2D eigenvalue weighted by Gasteiger charge is -2.32. The van der Waals surface area contributed by atoms with E-state index in [0.717, 1.165) is 0 Å². The van der Waals surface area contributed by atoms with Crippen molar-refractivity contribution in [2.45, 2.75) is 39.1 Å². The second-order valence-electron chi connectivity index (χ2n) is 6.63. The number of benzene rings is 1. The molecule has 1 aromatic rings. The Morgan fingerprint density at radius 3 is 2.21 bits per heavy atom. The number of amides is 1. The molecule has 0 aromatic heterocycles. The largest absolute Gasteiger partial charge is 0.497 e. The van der Waals surface area contributed by atoms with E-state index in [2.05, 4.69) is 5.10 Å². The lowest BCUT2D eigenvalue weighted by molar-refractivity contribution is -0.297. The molecule has 0 radical (unpaired) electrons. The van der Waals surface area contributed by atoms with Crippen molar-refractivity contribution < 1.29 is 27.8 Å². The summed E-state index contributed by atoms with van der Waals surface area (Å²) >= 11 is 0. The summed E-state index contributed by atoms with van der Waals surface area (Å²) in [5, 5.41) is 14.1. The zero-order valence-corrected chi connectivity index (χ0v) is 13.8. The van der Waals surface area contributed by atoms with Gasteiger partial charge in [-0.3, -0.25) is 4.79 Å². The number of hydrogen-bond acceptors (Lipinski definition) is 4. The average Bonchev–Trinajstić information content (AvgIpc) is 2.86. The van der Waals surface area contributed by atoms with Gasteiger partial charge in [-0.25, -0.2) is 0 Å². The van der Waals surface area contributed by atoms with Crippen molar-refractivity contribution in [1.29, 1.82) is 0 Å². The quantitative estimate of drug-likeness (QED) is 0.896. The van der Waals surface area contributed by atoms with Crippen LogP contribution in [0.5, 0.6) is 5.75 Å². The van der Waals surface area contributed by atoms with Crippen molar-refractivity contribution in [2.75, 3.05) is 7.11 Å². The fourth-order valence-corrected chi connectivity index (χ4v) is 2.25. The van der Waals surface area contributed by atoms with Crippen molar-refractivity contribution in [1.82, 2.24) is 5.01 Å². The highest BCUT2D eigenvalue weighted by Gasteiger charge is 2.64. The van der Waals surface area contributed by atoms with E-state index in [1.807, 2.05) is 0 Å². The number of hydrogen-bond donors (Lipinski definition) is 1. The molecule has 1 amide bonds. The van der Waals surface area contributed by atoms with Crippen LogP contribution in [0.4, 0.5) is 13.2 Å². The van der Waals surface area contributed by atoms with Gasteiger partial charge in [-0.1, -0.05) is 20.8 Å². The molecular weight excluding hydrogens is 325 g/mol. The number of alkyl halides is 3. The molecule has 0 aliphatic carbocycles. The van der Waals surface area contributed by atoms with E-state index < -0.39 is 29.6 Å². The molecule has 2 rings (SSSR count). The third-order valence-corrected chi connectivity index (χ3v) is 3.83. The maximum atomic E-state index is 13.4. The molecule has 0 fully saturated rings. The van der Waals surface area contributed by atoms with E-state index in [0.29, 0.717) is 5.75 Å². The monoisotopic (exact) mass is 344 g/mol. The van der Waals surface area contributed by atoms with Crippen molar-refractivity contribution in [3.8, 4) is 5.75 Å². The number of carbonyl (C=O) groups is 1. The minimum Gasteiger partial charge on any atom is -0.497 e. The van der Waals surface area contributed by atoms with Crippen LogP contribution in [0.15, 0.2) is 29.4 Å². The summed E-state index contributed by atoms with van der Waals surface area (Å²) in [5.41, 5.74) is -4.00. The van der Waals surface area contributed by atoms with Crippen LogP contribution in [0, 0.1) is 5.41 Å². The normalized spacial score (nSPS) is 21.7. The zero-order chi connectivity index (χ0) is 18.3. The topological polar surface area (TPSA) is 62.1 Å². The molecule has 1 unspecified atom stereocenters. The Hall–Kier alpha value is -2.09. The van der Waals surface area contributed by atoms with Gasteiger partial charge in [-0.05, 0) is 24.3 Å². The molecule has 5 nitrogen and oxygen atoms in total. The van der Waals surface area contributed by atoms with Gasteiger partial charge in [0, 0.05) is 23.1 Å². The van der Waals surface area contributed by atoms with Crippen LogP contribution in [0.3, 0.4) is 0 Å². The van der Waals surface area contributed by atoms with E-state index in [4.69, 9.17) is 4.74 Å². The summed E-state index contributed by atoms with van der Waals surface area (Å²) in [7, 11) is 1.43. The standard InChI is InChI=1S/C16H19F3N2O3/c1-14(2,3)12-9-15(23,16(17,18)19)21(20-12)13(22)10-5-7-11(24-4)8-6-10/h5-8,23H,9H2,1-4H3. The first-order valence-electron chi connectivity index (χ1n) is 7.26. The second-order valence-corrected chi connectivity index (χ2v) is 6.63. The summed E-state index contributed by atoms with van der Waals surface area (Å²) in [5.74, 6) is -0.574. The number of methoxy groups -OCH3 is 1. The van der Waals surface area contributed by atoms with E-state index >= 15 is 0 Å². The van der Waals surface area contributed by atoms with Gasteiger partial charge >= 0.3 is 6.18 Å². The summed E-state index contributed by atoms with van der Waals surface area (Å²) in [4.78, 5) is 12.5. The van der Waals surface area contributed by atoms with E-state index in [1.165, 1.54) is 31.4 Å². The van der Waals surface area contributed by atoms with Crippen LogP contribution in [-0.4, -0.2) is 40.7 Å². The Bertz CT molecular complexity index is 663. The Balaban J connectivity index is 2.45. The number of carbonyl (C=O) groups excluding carboxylic acids is 1. The molecule has 1 heterocycles. The number of aliphatic hydroxyl groups is 1. The molecule has 1 aliphatic rings. The molecule has 132 valence electrons. The summed E-state index contributed by atoms with van der Waals surface area (Å²) in [6.07, 6.45) is -5.81. The molecule has 1 atom stereocenters. The number of halogens is 3. The second kappa shape index (κ2) is 5.77. The molecule has 1 aromatic carbocycles. The fourth-order valence-electron chi connectivity index (χ4n) is 2.25. The van der Waals surface area contributed by atoms with Crippen molar-refractivity contribution in [3.05, 3.63) is 29.8 Å². The van der Waals surface area contributed by atoms with Gasteiger partial charge in [0.2, 0.25) is 0 Å². The molecule has 0 spiro atoms. The predicted octanol–water partition coefficient (Wildman–Crippen LogP) is 3.19. The molecule has 24 heavy (non-hydrogen) atoms. The highest BCUT2D eigenvalue weighted by molar-refractivity contribution is 5.99. The molecule has 0 bridgehead atoms. The van der Waals surface area contributed by atoms with Gasteiger partial charge in [0.15, 0.2) is 0 Å². The Kier molecular flexibility index (Phi) is 4.39. The lowest BCUT2D eigenvalue weighted by atomic mass is 9.86. The molecule has 1 aliphatic heterocycles. The maximum Gasteiger partial charge on any atom is 0.438 e.